The maximum Gasteiger partial charge on any atom is 0.341 e. The summed E-state index contributed by atoms with van der Waals surface area (Å²) in [6, 6.07) is 13.2. The summed E-state index contributed by atoms with van der Waals surface area (Å²) in [6.07, 6.45) is 1.39. The van der Waals surface area contributed by atoms with Crippen LogP contribution in [0.1, 0.15) is 37.9 Å². The monoisotopic (exact) mass is 522 g/mol. The van der Waals surface area contributed by atoms with E-state index >= 15 is 0 Å². The predicted molar refractivity (Wildman–Crippen MR) is 138 cm³/mol. The molecule has 2 aromatic carbocycles. The molecule has 0 bridgehead atoms. The summed E-state index contributed by atoms with van der Waals surface area (Å²) in [5, 5.41) is 8.76. The largest absolute Gasteiger partial charge is 0.497 e. The van der Waals surface area contributed by atoms with E-state index in [4.69, 9.17) is 19.3 Å². The fraction of sp³-hybridized carbons (Fsp3) is 0.259. The summed E-state index contributed by atoms with van der Waals surface area (Å²) in [5.74, 6) is -0.532. The van der Waals surface area contributed by atoms with Gasteiger partial charge >= 0.3 is 11.9 Å². The number of rotatable bonds is 8. The molecule has 1 aliphatic rings. The first-order valence-corrected chi connectivity index (χ1v) is 12.3. The average Bonchev–Trinajstić information content (AvgIpc) is 3.16. The highest BCUT2D eigenvalue weighted by Gasteiger charge is 2.33. The predicted octanol–water partition coefficient (Wildman–Crippen LogP) is 2.66. The number of benzene rings is 2. The summed E-state index contributed by atoms with van der Waals surface area (Å²) in [5.41, 5.74) is 1.94. The van der Waals surface area contributed by atoms with Gasteiger partial charge in [-0.25, -0.2) is 14.6 Å². The lowest BCUT2D eigenvalue weighted by Gasteiger charge is -2.25. The molecule has 4 rings (SSSR count). The van der Waals surface area contributed by atoms with E-state index < -0.39 is 24.6 Å². The first-order valence-electron chi connectivity index (χ1n) is 11.5. The topological polar surface area (TPSA) is 116 Å². The molecule has 1 N–H and O–H groups in total. The van der Waals surface area contributed by atoms with Gasteiger partial charge in [0, 0.05) is 0 Å². The number of esters is 1. The number of carbonyl (C=O) groups is 2. The molecule has 9 nitrogen and oxygen atoms in total. The third-order valence-electron chi connectivity index (χ3n) is 5.56. The Kier molecular flexibility index (Phi) is 7.58. The van der Waals surface area contributed by atoms with Gasteiger partial charge in [-0.2, -0.15) is 0 Å². The first-order chi connectivity index (χ1) is 17.7. The van der Waals surface area contributed by atoms with Crippen LogP contribution >= 0.6 is 11.3 Å². The SMILES string of the molecule is COc1ccc([C@@H]2C(C(=O)OC(C)C)=C(C)N=c3s/c(=C/c4ccc(OCC(=O)O)cc4)c(=O)n32)cc1. The summed E-state index contributed by atoms with van der Waals surface area (Å²) >= 11 is 1.22. The molecule has 0 radical (unpaired) electrons. The summed E-state index contributed by atoms with van der Waals surface area (Å²) in [6.45, 7) is 4.83. The minimum atomic E-state index is -1.07. The number of methoxy groups -OCH3 is 1. The molecule has 0 unspecified atom stereocenters. The number of carboxylic acid groups (broad SMARTS) is 1. The number of allylic oxidation sites excluding steroid dienone is 1. The van der Waals surface area contributed by atoms with Crippen molar-refractivity contribution in [2.75, 3.05) is 13.7 Å². The number of hydrogen-bond acceptors (Lipinski definition) is 8. The van der Waals surface area contributed by atoms with Crippen LogP contribution in [-0.4, -0.2) is 41.4 Å². The van der Waals surface area contributed by atoms with Crippen molar-refractivity contribution in [2.45, 2.75) is 32.9 Å². The molecule has 0 amide bonds. The van der Waals surface area contributed by atoms with Crippen LogP contribution in [0.25, 0.3) is 6.08 Å². The van der Waals surface area contributed by atoms with Gasteiger partial charge in [0.15, 0.2) is 11.4 Å². The Morgan fingerprint density at radius 1 is 1.11 bits per heavy atom. The molecule has 37 heavy (non-hydrogen) atoms. The molecule has 3 aromatic rings. The minimum absolute atomic E-state index is 0.293. The van der Waals surface area contributed by atoms with Gasteiger partial charge in [0.25, 0.3) is 5.56 Å². The number of nitrogens with zero attached hydrogens (tertiary/aromatic N) is 2. The van der Waals surface area contributed by atoms with Crippen molar-refractivity contribution >= 4 is 29.4 Å². The van der Waals surface area contributed by atoms with Crippen LogP contribution in [0, 0.1) is 0 Å². The van der Waals surface area contributed by atoms with Gasteiger partial charge in [-0.1, -0.05) is 35.6 Å². The van der Waals surface area contributed by atoms with Gasteiger partial charge < -0.3 is 19.3 Å². The van der Waals surface area contributed by atoms with E-state index in [9.17, 15) is 14.4 Å². The van der Waals surface area contributed by atoms with Crippen molar-refractivity contribution in [1.82, 2.24) is 4.57 Å². The van der Waals surface area contributed by atoms with Crippen LogP contribution < -0.4 is 24.4 Å². The van der Waals surface area contributed by atoms with Crippen molar-refractivity contribution in [3.05, 3.63) is 90.6 Å². The highest BCUT2D eigenvalue weighted by molar-refractivity contribution is 7.07. The molecule has 1 atom stereocenters. The lowest BCUT2D eigenvalue weighted by atomic mass is 9.96. The summed E-state index contributed by atoms with van der Waals surface area (Å²) < 4.78 is 17.9. The number of carbonyl (C=O) groups excluding carboxylic acids is 1. The Morgan fingerprint density at radius 3 is 2.35 bits per heavy atom. The lowest BCUT2D eigenvalue weighted by Crippen LogP contribution is -2.40. The molecular formula is C27H26N2O7S. The number of carboxylic acids is 1. The molecule has 1 aliphatic heterocycles. The van der Waals surface area contributed by atoms with Gasteiger partial charge in [-0.15, -0.1) is 0 Å². The van der Waals surface area contributed by atoms with Crippen LogP contribution in [0.15, 0.2) is 69.6 Å². The number of hydrogen-bond donors (Lipinski definition) is 1. The number of ether oxygens (including phenoxy) is 3. The van der Waals surface area contributed by atoms with Crippen molar-refractivity contribution in [1.29, 1.82) is 0 Å². The molecule has 0 aliphatic carbocycles. The van der Waals surface area contributed by atoms with Gasteiger partial charge in [0.1, 0.15) is 11.5 Å². The van der Waals surface area contributed by atoms with Crippen molar-refractivity contribution < 1.29 is 28.9 Å². The maximum atomic E-state index is 13.7. The van der Waals surface area contributed by atoms with Crippen molar-refractivity contribution in [2.24, 2.45) is 4.99 Å². The van der Waals surface area contributed by atoms with E-state index in [0.717, 1.165) is 11.1 Å². The van der Waals surface area contributed by atoms with Gasteiger partial charge in [-0.3, -0.25) is 9.36 Å². The van der Waals surface area contributed by atoms with Crippen molar-refractivity contribution in [3.8, 4) is 11.5 Å². The van der Waals surface area contributed by atoms with Crippen LogP contribution in [0.2, 0.25) is 0 Å². The second-order valence-electron chi connectivity index (χ2n) is 8.56. The summed E-state index contributed by atoms with van der Waals surface area (Å²) in [4.78, 5) is 42.6. The zero-order valence-corrected chi connectivity index (χ0v) is 21.6. The van der Waals surface area contributed by atoms with E-state index in [0.29, 0.717) is 32.1 Å². The fourth-order valence-electron chi connectivity index (χ4n) is 3.92. The van der Waals surface area contributed by atoms with E-state index in [-0.39, 0.29) is 11.7 Å². The van der Waals surface area contributed by atoms with Gasteiger partial charge in [0.05, 0.1) is 35.1 Å². The number of thiazole rings is 1. The zero-order chi connectivity index (χ0) is 26.7. The number of aromatic nitrogens is 1. The molecular weight excluding hydrogens is 496 g/mol. The van der Waals surface area contributed by atoms with Crippen LogP contribution in [0.3, 0.4) is 0 Å². The highest BCUT2D eigenvalue weighted by Crippen LogP contribution is 2.31. The maximum absolute atomic E-state index is 13.7. The van der Waals surface area contributed by atoms with Crippen molar-refractivity contribution in [3.63, 3.8) is 0 Å². The Bertz CT molecular complexity index is 1530. The molecule has 0 saturated carbocycles. The van der Waals surface area contributed by atoms with Gasteiger partial charge in [0.2, 0.25) is 0 Å². The van der Waals surface area contributed by atoms with E-state index in [1.165, 1.54) is 15.9 Å². The van der Waals surface area contributed by atoms with E-state index in [1.807, 2.05) is 12.1 Å². The fourth-order valence-corrected chi connectivity index (χ4v) is 4.97. The molecule has 0 saturated heterocycles. The van der Waals surface area contributed by atoms with Crippen LogP contribution in [0.5, 0.6) is 11.5 Å². The quantitative estimate of drug-likeness (QED) is 0.452. The molecule has 0 fully saturated rings. The van der Waals surface area contributed by atoms with Crippen LogP contribution in [-0.2, 0) is 14.3 Å². The Hall–Kier alpha value is -4.18. The van der Waals surface area contributed by atoms with E-state index in [2.05, 4.69) is 4.99 Å². The van der Waals surface area contributed by atoms with E-state index in [1.54, 1.807) is 70.4 Å². The van der Waals surface area contributed by atoms with Gasteiger partial charge in [-0.05, 0) is 62.2 Å². The third kappa shape index (κ3) is 5.64. The smallest absolute Gasteiger partial charge is 0.341 e. The average molecular weight is 523 g/mol. The Balaban J connectivity index is 1.81. The standard InChI is InChI=1S/C27H26N2O7S/c1-15(2)36-26(33)23-16(3)28-27-29(24(23)18-7-11-19(34-4)12-8-18)25(32)21(37-27)13-17-5-9-20(10-6-17)35-14-22(30)31/h5-13,15,24H,14H2,1-4H3,(H,30,31)/b21-13+/t24-/m1/s1. The Labute approximate surface area is 216 Å². The highest BCUT2D eigenvalue weighted by atomic mass is 32.1. The second kappa shape index (κ2) is 10.8. The van der Waals surface area contributed by atoms with Crippen LogP contribution in [0.4, 0.5) is 0 Å². The number of aliphatic carboxylic acids is 1. The normalized spacial score (nSPS) is 15.3. The zero-order valence-electron chi connectivity index (χ0n) is 20.8. The third-order valence-corrected chi connectivity index (χ3v) is 6.54. The molecule has 192 valence electrons. The number of fused-ring (bicyclic) bond motifs is 1. The Morgan fingerprint density at radius 2 is 1.76 bits per heavy atom. The summed E-state index contributed by atoms with van der Waals surface area (Å²) in [7, 11) is 1.57. The minimum Gasteiger partial charge on any atom is -0.497 e. The molecule has 10 heteroatoms. The molecule has 1 aromatic heterocycles. The lowest BCUT2D eigenvalue weighted by molar-refractivity contribution is -0.143. The first kappa shape index (κ1) is 25.9. The second-order valence-corrected chi connectivity index (χ2v) is 9.57. The molecule has 2 heterocycles. The molecule has 0 spiro atoms.